The lowest BCUT2D eigenvalue weighted by atomic mass is 10.1. The van der Waals surface area contributed by atoms with E-state index >= 15 is 0 Å². The molecule has 2 N–H and O–H groups in total. The summed E-state index contributed by atoms with van der Waals surface area (Å²) in [7, 11) is 4.17. The predicted molar refractivity (Wildman–Crippen MR) is 70.1 cm³/mol. The zero-order valence-corrected chi connectivity index (χ0v) is 11.5. The smallest absolute Gasteiger partial charge is 0.244 e. The molecule has 1 aliphatic rings. The molecule has 0 bridgehead atoms. The van der Waals surface area contributed by atoms with Gasteiger partial charge in [-0.3, -0.25) is 4.79 Å². The molecule has 1 amide bonds. The third kappa shape index (κ3) is 3.40. The fourth-order valence-corrected chi connectivity index (χ4v) is 2.40. The van der Waals surface area contributed by atoms with Crippen LogP contribution in [0.15, 0.2) is 0 Å². The molecule has 1 unspecified atom stereocenters. The van der Waals surface area contributed by atoms with Gasteiger partial charge < -0.3 is 15.5 Å². The number of nitrogens with two attached hydrogens (primary N) is 1. The first-order chi connectivity index (χ1) is 9.08. The van der Waals surface area contributed by atoms with Gasteiger partial charge in [-0.15, -0.1) is 0 Å². The van der Waals surface area contributed by atoms with E-state index in [0.29, 0.717) is 6.04 Å². The number of aromatic nitrogens is 4. The molecule has 2 heterocycles. The van der Waals surface area contributed by atoms with E-state index in [-0.39, 0.29) is 18.4 Å². The molecule has 8 nitrogen and oxygen atoms in total. The quantitative estimate of drug-likeness (QED) is 0.770. The topological polar surface area (TPSA) is 93.2 Å². The first-order valence-corrected chi connectivity index (χ1v) is 6.53. The number of nitrogen functional groups attached to an aromatic ring is 1. The third-order valence-electron chi connectivity index (χ3n) is 3.63. The van der Waals surface area contributed by atoms with Crippen LogP contribution < -0.4 is 5.73 Å². The van der Waals surface area contributed by atoms with Crippen LogP contribution in [0.5, 0.6) is 0 Å². The third-order valence-corrected chi connectivity index (χ3v) is 3.63. The molecule has 19 heavy (non-hydrogen) atoms. The summed E-state index contributed by atoms with van der Waals surface area (Å²) < 4.78 is 1.33. The molecule has 1 atom stereocenters. The van der Waals surface area contributed by atoms with E-state index in [0.717, 1.165) is 32.4 Å². The first-order valence-electron chi connectivity index (χ1n) is 6.53. The number of likely N-dealkylation sites (tertiary alicyclic amines) is 1. The van der Waals surface area contributed by atoms with Crippen molar-refractivity contribution in [3.8, 4) is 0 Å². The number of anilines is 1. The lowest BCUT2D eigenvalue weighted by Crippen LogP contribution is -2.36. The van der Waals surface area contributed by atoms with Gasteiger partial charge >= 0.3 is 0 Å². The maximum Gasteiger partial charge on any atom is 0.244 e. The average molecular weight is 267 g/mol. The molecule has 0 spiro atoms. The Hall–Kier alpha value is -1.70. The number of hydrogen-bond donors (Lipinski definition) is 1. The second kappa shape index (κ2) is 5.96. The molecule has 106 valence electrons. The second-order valence-corrected chi connectivity index (χ2v) is 5.12. The Morgan fingerprint density at radius 2 is 2.21 bits per heavy atom. The number of amides is 1. The van der Waals surface area contributed by atoms with E-state index in [4.69, 9.17) is 5.73 Å². The summed E-state index contributed by atoms with van der Waals surface area (Å²) in [6, 6.07) is 0.552. The number of carbonyl (C=O) groups is 1. The van der Waals surface area contributed by atoms with Crippen LogP contribution in [0.2, 0.25) is 0 Å². The Balaban J connectivity index is 1.91. The molecule has 1 aliphatic heterocycles. The summed E-state index contributed by atoms with van der Waals surface area (Å²) in [5, 5.41) is 10.7. The van der Waals surface area contributed by atoms with E-state index in [1.165, 1.54) is 4.68 Å². The van der Waals surface area contributed by atoms with Crippen molar-refractivity contribution in [3.63, 3.8) is 0 Å². The van der Waals surface area contributed by atoms with Crippen LogP contribution in [-0.4, -0.2) is 69.1 Å². The summed E-state index contributed by atoms with van der Waals surface area (Å²) >= 11 is 0. The number of tetrazole rings is 1. The zero-order valence-electron chi connectivity index (χ0n) is 11.5. The molecule has 0 aliphatic carbocycles. The molecule has 0 saturated carbocycles. The molecule has 1 saturated heterocycles. The van der Waals surface area contributed by atoms with E-state index in [2.05, 4.69) is 34.5 Å². The van der Waals surface area contributed by atoms with Crippen molar-refractivity contribution >= 4 is 11.9 Å². The minimum absolute atomic E-state index is 0.0263. The van der Waals surface area contributed by atoms with Gasteiger partial charge in [-0.2, -0.15) is 0 Å². The second-order valence-electron chi connectivity index (χ2n) is 5.12. The van der Waals surface area contributed by atoms with Crippen LogP contribution in [0.1, 0.15) is 19.3 Å². The Morgan fingerprint density at radius 3 is 2.84 bits per heavy atom. The Bertz CT molecular complexity index is 430. The van der Waals surface area contributed by atoms with Gasteiger partial charge in [-0.05, 0) is 43.8 Å². The van der Waals surface area contributed by atoms with Crippen LogP contribution in [-0.2, 0) is 11.3 Å². The van der Waals surface area contributed by atoms with Gasteiger partial charge in [0, 0.05) is 19.1 Å². The maximum atomic E-state index is 12.2. The monoisotopic (exact) mass is 267 g/mol. The van der Waals surface area contributed by atoms with Crippen molar-refractivity contribution < 1.29 is 4.79 Å². The summed E-state index contributed by atoms with van der Waals surface area (Å²) in [4.78, 5) is 16.3. The van der Waals surface area contributed by atoms with E-state index in [1.807, 2.05) is 4.90 Å². The summed E-state index contributed by atoms with van der Waals surface area (Å²) in [5.41, 5.74) is 5.56. The van der Waals surface area contributed by atoms with Crippen LogP contribution in [0, 0.1) is 0 Å². The number of hydrogen-bond acceptors (Lipinski definition) is 6. The van der Waals surface area contributed by atoms with Crippen LogP contribution in [0.4, 0.5) is 5.95 Å². The summed E-state index contributed by atoms with van der Waals surface area (Å²) in [5.74, 6) is 0.202. The average Bonchev–Trinajstić information content (AvgIpc) is 2.66. The molecule has 1 aromatic rings. The van der Waals surface area contributed by atoms with Crippen molar-refractivity contribution in [3.05, 3.63) is 0 Å². The minimum Gasteiger partial charge on any atom is -0.367 e. The molecule has 0 aromatic carbocycles. The van der Waals surface area contributed by atoms with Gasteiger partial charge in [0.25, 0.3) is 0 Å². The van der Waals surface area contributed by atoms with Gasteiger partial charge in [0.1, 0.15) is 6.54 Å². The molecule has 1 aromatic heterocycles. The maximum absolute atomic E-state index is 12.2. The molecular weight excluding hydrogens is 246 g/mol. The predicted octanol–water partition coefficient (Wildman–Crippen LogP) is -0.802. The Labute approximate surface area is 112 Å². The lowest BCUT2D eigenvalue weighted by Gasteiger charge is -2.23. The van der Waals surface area contributed by atoms with Crippen LogP contribution in [0.3, 0.4) is 0 Å². The van der Waals surface area contributed by atoms with Crippen molar-refractivity contribution in [2.45, 2.75) is 31.8 Å². The van der Waals surface area contributed by atoms with Gasteiger partial charge in [-0.1, -0.05) is 5.10 Å². The fraction of sp³-hybridized carbons (Fsp3) is 0.818. The minimum atomic E-state index is 0.0263. The largest absolute Gasteiger partial charge is 0.367 e. The van der Waals surface area contributed by atoms with Crippen LogP contribution >= 0.6 is 0 Å². The SMILES string of the molecule is CN(C)C1CCCN(C(=O)Cn2nnnc2N)CC1. The molecule has 0 radical (unpaired) electrons. The van der Waals surface area contributed by atoms with Crippen LogP contribution in [0.25, 0.3) is 0 Å². The van der Waals surface area contributed by atoms with Crippen molar-refractivity contribution in [1.29, 1.82) is 0 Å². The van der Waals surface area contributed by atoms with Gasteiger partial charge in [0.15, 0.2) is 0 Å². The number of carbonyl (C=O) groups excluding carboxylic acids is 1. The highest BCUT2D eigenvalue weighted by Gasteiger charge is 2.22. The standard InChI is InChI=1S/C11H21N7O/c1-16(2)9-4-3-6-17(7-5-9)10(19)8-18-11(12)13-14-15-18/h9H,3-8H2,1-2H3,(H2,12,13,15). The molecule has 8 heteroatoms. The van der Waals surface area contributed by atoms with Gasteiger partial charge in [0.05, 0.1) is 0 Å². The summed E-state index contributed by atoms with van der Waals surface area (Å²) in [6.07, 6.45) is 3.16. The van der Waals surface area contributed by atoms with Crippen molar-refractivity contribution in [2.24, 2.45) is 0 Å². The molecule has 1 fully saturated rings. The Morgan fingerprint density at radius 1 is 1.42 bits per heavy atom. The molecular formula is C11H21N7O. The van der Waals surface area contributed by atoms with E-state index in [9.17, 15) is 4.79 Å². The van der Waals surface area contributed by atoms with Crippen molar-refractivity contribution in [2.75, 3.05) is 32.9 Å². The molecule has 2 rings (SSSR count). The van der Waals surface area contributed by atoms with Crippen molar-refractivity contribution in [1.82, 2.24) is 30.0 Å². The van der Waals surface area contributed by atoms with Gasteiger partial charge in [-0.25, -0.2) is 4.68 Å². The van der Waals surface area contributed by atoms with E-state index < -0.39 is 0 Å². The number of nitrogens with zero attached hydrogens (tertiary/aromatic N) is 6. The zero-order chi connectivity index (χ0) is 13.8. The highest BCUT2D eigenvalue weighted by molar-refractivity contribution is 5.76. The highest BCUT2D eigenvalue weighted by atomic mass is 16.2. The summed E-state index contributed by atoms with van der Waals surface area (Å²) in [6.45, 7) is 1.69. The lowest BCUT2D eigenvalue weighted by molar-refractivity contribution is -0.132. The highest BCUT2D eigenvalue weighted by Crippen LogP contribution is 2.15. The first kappa shape index (κ1) is 13.7. The number of rotatable bonds is 3. The normalized spacial score (nSPS) is 20.6. The fourth-order valence-electron chi connectivity index (χ4n) is 2.40. The Kier molecular flexibility index (Phi) is 4.31. The van der Waals surface area contributed by atoms with E-state index in [1.54, 1.807) is 0 Å². The van der Waals surface area contributed by atoms with Gasteiger partial charge in [0.2, 0.25) is 11.9 Å².